The highest BCUT2D eigenvalue weighted by molar-refractivity contribution is 5.67. The first-order chi connectivity index (χ1) is 26.0. The van der Waals surface area contributed by atoms with Gasteiger partial charge in [0, 0.05) is 13.2 Å². The Balaban J connectivity index is 3.09. The fraction of sp³-hybridized carbons (Fsp3) is 0.975. The Morgan fingerprint density at radius 2 is 0.604 bits per heavy atom. The Kier molecular flexibility index (Phi) is 42.7. The topological polar surface area (TPSA) is 131 Å². The monoisotopic (exact) mass is 768 g/mol. The smallest absolute Gasteiger partial charge is 0.407 e. The fourth-order valence-corrected chi connectivity index (χ4v) is 4.84. The van der Waals surface area contributed by atoms with Crippen LogP contribution in [0, 0.1) is 0 Å². The highest BCUT2D eigenvalue weighted by Crippen LogP contribution is 2.12. The maximum Gasteiger partial charge on any atom is 0.407 e. The Labute approximate surface area is 323 Å². The molecule has 0 saturated carbocycles. The molecule has 0 unspecified atom stereocenters. The first kappa shape index (κ1) is 51.9. The van der Waals surface area contributed by atoms with Crippen LogP contribution in [0.4, 0.5) is 4.79 Å². The first-order valence-electron chi connectivity index (χ1n) is 20.7. The molecule has 0 heterocycles. The lowest BCUT2D eigenvalue weighted by atomic mass is 10.0. The lowest BCUT2D eigenvalue weighted by molar-refractivity contribution is -0.0264. The zero-order valence-electron chi connectivity index (χ0n) is 34.4. The third kappa shape index (κ3) is 48.9. The SMILES string of the molecule is CCCCCCCCCCCCCCCOCCOCCOCCOCCOCCOCCOCCOCCOCCOCCNC(=O)OC(C)(C)C. The Bertz CT molecular complexity index is 714. The fourth-order valence-electron chi connectivity index (χ4n) is 4.84. The molecule has 0 aromatic heterocycles. The van der Waals surface area contributed by atoms with Crippen LogP contribution >= 0.6 is 0 Å². The summed E-state index contributed by atoms with van der Waals surface area (Å²) in [7, 11) is 0. The van der Waals surface area contributed by atoms with Crippen molar-refractivity contribution in [1.29, 1.82) is 0 Å². The lowest BCUT2D eigenvalue weighted by Gasteiger charge is -2.19. The molecule has 0 bridgehead atoms. The Morgan fingerprint density at radius 1 is 0.358 bits per heavy atom. The van der Waals surface area contributed by atoms with Gasteiger partial charge in [0.2, 0.25) is 0 Å². The van der Waals surface area contributed by atoms with Gasteiger partial charge < -0.3 is 57.4 Å². The van der Waals surface area contributed by atoms with Gasteiger partial charge in [-0.3, -0.25) is 0 Å². The number of rotatable bonds is 44. The van der Waals surface area contributed by atoms with Gasteiger partial charge in [-0.05, 0) is 27.2 Å². The molecule has 0 spiro atoms. The molecule has 0 aliphatic heterocycles. The Morgan fingerprint density at radius 3 is 0.887 bits per heavy atom. The number of alkyl carbamates (subject to hydrolysis) is 1. The van der Waals surface area contributed by atoms with Crippen molar-refractivity contribution in [2.45, 2.75) is 117 Å². The molecule has 13 heteroatoms. The van der Waals surface area contributed by atoms with Crippen LogP contribution in [0.3, 0.4) is 0 Å². The zero-order chi connectivity index (χ0) is 38.6. The van der Waals surface area contributed by atoms with Crippen molar-refractivity contribution in [2.24, 2.45) is 0 Å². The van der Waals surface area contributed by atoms with Crippen LogP contribution in [0.2, 0.25) is 0 Å². The number of amides is 1. The number of ether oxygens (including phenoxy) is 11. The van der Waals surface area contributed by atoms with Crippen molar-refractivity contribution in [3.05, 3.63) is 0 Å². The zero-order valence-corrected chi connectivity index (χ0v) is 34.4. The maximum atomic E-state index is 11.5. The molecule has 1 N–H and O–H groups in total. The molecule has 0 aliphatic carbocycles. The summed E-state index contributed by atoms with van der Waals surface area (Å²) in [6.45, 7) is 18.7. The van der Waals surface area contributed by atoms with Gasteiger partial charge in [-0.25, -0.2) is 4.79 Å². The minimum absolute atomic E-state index is 0.386. The van der Waals surface area contributed by atoms with E-state index in [0.717, 1.165) is 13.0 Å². The van der Waals surface area contributed by atoms with E-state index in [-0.39, 0.29) is 0 Å². The predicted molar refractivity (Wildman–Crippen MR) is 208 cm³/mol. The second kappa shape index (κ2) is 43.6. The summed E-state index contributed by atoms with van der Waals surface area (Å²) in [6.07, 6.45) is 17.3. The number of hydrogen-bond acceptors (Lipinski definition) is 12. The average molecular weight is 768 g/mol. The van der Waals surface area contributed by atoms with Crippen LogP contribution in [0.5, 0.6) is 0 Å². The minimum Gasteiger partial charge on any atom is -0.444 e. The molecule has 0 atom stereocenters. The van der Waals surface area contributed by atoms with E-state index in [1.54, 1.807) is 0 Å². The molecular formula is C40H81NO12. The van der Waals surface area contributed by atoms with Crippen molar-refractivity contribution in [1.82, 2.24) is 5.32 Å². The molecule has 53 heavy (non-hydrogen) atoms. The van der Waals surface area contributed by atoms with E-state index in [1.165, 1.54) is 77.0 Å². The second-order valence-corrected chi connectivity index (χ2v) is 13.8. The molecule has 0 aliphatic rings. The van der Waals surface area contributed by atoms with Crippen molar-refractivity contribution in [2.75, 3.05) is 139 Å². The summed E-state index contributed by atoms with van der Waals surface area (Å²) >= 11 is 0. The number of nitrogens with one attached hydrogen (secondary N) is 1. The van der Waals surface area contributed by atoms with Gasteiger partial charge >= 0.3 is 6.09 Å². The summed E-state index contributed by atoms with van der Waals surface area (Å²) in [4.78, 5) is 11.5. The van der Waals surface area contributed by atoms with Gasteiger partial charge in [0.25, 0.3) is 0 Å². The van der Waals surface area contributed by atoms with Crippen LogP contribution in [0.15, 0.2) is 0 Å². The molecule has 318 valence electrons. The number of carbonyl (C=O) groups is 1. The predicted octanol–water partition coefficient (Wildman–Crippen LogP) is 6.77. The van der Waals surface area contributed by atoms with Crippen molar-refractivity contribution in [3.8, 4) is 0 Å². The summed E-state index contributed by atoms with van der Waals surface area (Å²) in [5, 5.41) is 2.64. The van der Waals surface area contributed by atoms with Crippen molar-refractivity contribution < 1.29 is 56.9 Å². The van der Waals surface area contributed by atoms with Crippen LogP contribution < -0.4 is 5.32 Å². The summed E-state index contributed by atoms with van der Waals surface area (Å²) in [6, 6.07) is 0. The van der Waals surface area contributed by atoms with Gasteiger partial charge in [0.1, 0.15) is 5.60 Å². The van der Waals surface area contributed by atoms with Crippen LogP contribution in [-0.2, 0) is 52.1 Å². The maximum absolute atomic E-state index is 11.5. The number of unbranched alkanes of at least 4 members (excludes halogenated alkanes) is 12. The van der Waals surface area contributed by atoms with Crippen LogP contribution in [0.25, 0.3) is 0 Å². The molecular weight excluding hydrogens is 686 g/mol. The molecule has 0 rings (SSSR count). The highest BCUT2D eigenvalue weighted by atomic mass is 16.6. The number of carbonyl (C=O) groups excluding carboxylic acids is 1. The summed E-state index contributed by atoms with van der Waals surface area (Å²) in [5.41, 5.74) is -0.509. The second-order valence-electron chi connectivity index (χ2n) is 13.8. The van der Waals surface area contributed by atoms with Crippen LogP contribution in [0.1, 0.15) is 111 Å². The number of hydrogen-bond donors (Lipinski definition) is 1. The third-order valence-corrected chi connectivity index (χ3v) is 7.65. The largest absolute Gasteiger partial charge is 0.444 e. The quantitative estimate of drug-likeness (QED) is 0.0657. The van der Waals surface area contributed by atoms with E-state index in [1.807, 2.05) is 20.8 Å². The van der Waals surface area contributed by atoms with E-state index in [9.17, 15) is 4.79 Å². The highest BCUT2D eigenvalue weighted by Gasteiger charge is 2.15. The van der Waals surface area contributed by atoms with Gasteiger partial charge in [-0.2, -0.15) is 0 Å². The third-order valence-electron chi connectivity index (χ3n) is 7.65. The lowest BCUT2D eigenvalue weighted by Crippen LogP contribution is -2.34. The molecule has 0 saturated heterocycles. The van der Waals surface area contributed by atoms with Crippen molar-refractivity contribution in [3.63, 3.8) is 0 Å². The molecule has 0 radical (unpaired) electrons. The van der Waals surface area contributed by atoms with Crippen molar-refractivity contribution >= 4 is 6.09 Å². The Hall–Kier alpha value is -1.13. The molecule has 0 aromatic carbocycles. The van der Waals surface area contributed by atoms with E-state index < -0.39 is 11.7 Å². The van der Waals surface area contributed by atoms with Gasteiger partial charge in [0.05, 0.1) is 126 Å². The van der Waals surface area contributed by atoms with Gasteiger partial charge in [-0.1, -0.05) is 84.0 Å². The van der Waals surface area contributed by atoms with Crippen LogP contribution in [-0.4, -0.2) is 150 Å². The molecule has 0 aromatic rings. The van der Waals surface area contributed by atoms with Gasteiger partial charge in [-0.15, -0.1) is 0 Å². The van der Waals surface area contributed by atoms with E-state index in [2.05, 4.69) is 12.2 Å². The molecule has 0 fully saturated rings. The molecule has 1 amide bonds. The van der Waals surface area contributed by atoms with Gasteiger partial charge in [0.15, 0.2) is 0 Å². The summed E-state index contributed by atoms with van der Waals surface area (Å²) in [5.74, 6) is 0. The minimum atomic E-state index is -0.509. The summed E-state index contributed by atoms with van der Waals surface area (Å²) < 4.78 is 60.3. The van der Waals surface area contributed by atoms with E-state index in [4.69, 9.17) is 52.1 Å². The van der Waals surface area contributed by atoms with E-state index in [0.29, 0.717) is 132 Å². The first-order valence-corrected chi connectivity index (χ1v) is 20.7. The standard InChI is InChI=1S/C40H81NO12/c1-5-6-7-8-9-10-11-12-13-14-15-16-17-19-43-21-23-45-25-27-47-29-31-49-33-35-51-37-38-52-36-34-50-32-30-48-28-26-46-24-22-44-20-18-41-39(42)53-40(2,3)4/h5-38H2,1-4H3,(H,41,42). The van der Waals surface area contributed by atoms with E-state index >= 15 is 0 Å². The molecule has 13 nitrogen and oxygen atoms in total. The average Bonchev–Trinajstić information content (AvgIpc) is 3.12. The normalized spacial score (nSPS) is 11.8.